The van der Waals surface area contributed by atoms with Crippen molar-refractivity contribution in [3.63, 3.8) is 0 Å². The van der Waals surface area contributed by atoms with Gasteiger partial charge in [0.1, 0.15) is 11.8 Å². The molecular weight excluding hydrogens is 306 g/mol. The molecule has 0 radical (unpaired) electrons. The Hall–Kier alpha value is -2.76. The van der Waals surface area contributed by atoms with Crippen LogP contribution in [0, 0.1) is 0 Å². The lowest BCUT2D eigenvalue weighted by molar-refractivity contribution is 0.0951. The number of hydrogen-bond donors (Lipinski definition) is 1. The Balaban J connectivity index is 1.51. The molecule has 1 aliphatic rings. The van der Waals surface area contributed by atoms with Gasteiger partial charge in [-0.25, -0.2) is 4.68 Å². The summed E-state index contributed by atoms with van der Waals surface area (Å²) >= 11 is 0. The van der Waals surface area contributed by atoms with Gasteiger partial charge in [-0.1, -0.05) is 13.0 Å². The van der Waals surface area contributed by atoms with Crippen molar-refractivity contribution in [3.05, 3.63) is 47.3 Å². The molecule has 1 aromatic carbocycles. The first-order valence-electron chi connectivity index (χ1n) is 8.22. The Kier molecular flexibility index (Phi) is 3.72. The van der Waals surface area contributed by atoms with Gasteiger partial charge in [0.05, 0.1) is 24.4 Å². The molecule has 0 fully saturated rings. The van der Waals surface area contributed by atoms with Crippen LogP contribution in [0.4, 0.5) is 0 Å². The van der Waals surface area contributed by atoms with Gasteiger partial charge in [-0.2, -0.15) is 5.10 Å². The van der Waals surface area contributed by atoms with Gasteiger partial charge in [0.15, 0.2) is 0 Å². The molecule has 0 saturated carbocycles. The highest BCUT2D eigenvalue weighted by atomic mass is 16.5. The zero-order chi connectivity index (χ0) is 16.5. The Bertz CT molecular complexity index is 871. The van der Waals surface area contributed by atoms with Crippen molar-refractivity contribution in [2.24, 2.45) is 0 Å². The first-order chi connectivity index (χ1) is 11.7. The van der Waals surface area contributed by atoms with E-state index >= 15 is 0 Å². The fraction of sp³-hybridized carbons (Fsp3) is 0.333. The summed E-state index contributed by atoms with van der Waals surface area (Å²) in [5.41, 5.74) is 3.25. The van der Waals surface area contributed by atoms with E-state index in [2.05, 4.69) is 17.3 Å². The number of furan rings is 1. The second-order valence-corrected chi connectivity index (χ2v) is 5.92. The third-order valence-corrected chi connectivity index (χ3v) is 4.28. The molecule has 0 atom stereocenters. The van der Waals surface area contributed by atoms with E-state index in [1.165, 1.54) is 11.8 Å². The molecule has 0 bridgehead atoms. The minimum absolute atomic E-state index is 0.158. The molecule has 124 valence electrons. The molecule has 2 aromatic heterocycles. The Morgan fingerprint density at radius 1 is 1.38 bits per heavy atom. The summed E-state index contributed by atoms with van der Waals surface area (Å²) in [4.78, 5) is 12.5. The van der Waals surface area contributed by atoms with Crippen molar-refractivity contribution < 1.29 is 13.9 Å². The summed E-state index contributed by atoms with van der Waals surface area (Å²) in [6.45, 7) is 4.03. The monoisotopic (exact) mass is 325 g/mol. The molecule has 6 nitrogen and oxygen atoms in total. The highest BCUT2D eigenvalue weighted by Gasteiger charge is 2.16. The lowest BCUT2D eigenvalue weighted by Crippen LogP contribution is -2.23. The van der Waals surface area contributed by atoms with Crippen LogP contribution in [0.25, 0.3) is 11.0 Å². The molecule has 4 rings (SSSR count). The number of fused-ring (bicyclic) bond motifs is 2. The van der Waals surface area contributed by atoms with Gasteiger partial charge in [0.25, 0.3) is 5.91 Å². The van der Waals surface area contributed by atoms with E-state index in [4.69, 9.17) is 9.15 Å². The number of rotatable bonds is 4. The van der Waals surface area contributed by atoms with E-state index in [-0.39, 0.29) is 5.91 Å². The quantitative estimate of drug-likeness (QED) is 0.801. The van der Waals surface area contributed by atoms with Crippen molar-refractivity contribution in [2.45, 2.75) is 32.9 Å². The Morgan fingerprint density at radius 3 is 3.12 bits per heavy atom. The highest BCUT2D eigenvalue weighted by Crippen LogP contribution is 2.23. The maximum absolute atomic E-state index is 12.5. The van der Waals surface area contributed by atoms with Crippen LogP contribution in [-0.2, 0) is 19.5 Å². The van der Waals surface area contributed by atoms with Crippen LogP contribution in [0.3, 0.4) is 0 Å². The molecule has 3 aromatic rings. The van der Waals surface area contributed by atoms with Gasteiger partial charge in [0.2, 0.25) is 5.88 Å². The average Bonchev–Trinajstić information content (AvgIpc) is 3.22. The molecule has 24 heavy (non-hydrogen) atoms. The van der Waals surface area contributed by atoms with Gasteiger partial charge in [-0.15, -0.1) is 0 Å². The smallest absolute Gasteiger partial charge is 0.255 e. The van der Waals surface area contributed by atoms with E-state index in [0.29, 0.717) is 12.1 Å². The van der Waals surface area contributed by atoms with Gasteiger partial charge in [-0.05, 0) is 24.1 Å². The first-order valence-corrected chi connectivity index (χ1v) is 8.22. The van der Waals surface area contributed by atoms with Gasteiger partial charge in [-0.3, -0.25) is 4.79 Å². The molecule has 6 heteroatoms. The van der Waals surface area contributed by atoms with E-state index in [1.807, 2.05) is 28.9 Å². The molecule has 1 amide bonds. The minimum Gasteiger partial charge on any atom is -0.478 e. The molecule has 1 aliphatic heterocycles. The largest absolute Gasteiger partial charge is 0.478 e. The third-order valence-electron chi connectivity index (χ3n) is 4.28. The fourth-order valence-electron chi connectivity index (χ4n) is 2.94. The topological polar surface area (TPSA) is 69.3 Å². The number of nitrogens with one attached hydrogen (secondary N) is 1. The predicted molar refractivity (Wildman–Crippen MR) is 89.1 cm³/mol. The Labute approximate surface area is 139 Å². The summed E-state index contributed by atoms with van der Waals surface area (Å²) in [5, 5.41) is 8.20. The molecular formula is C18H19N3O3. The molecule has 1 N–H and O–H groups in total. The van der Waals surface area contributed by atoms with Gasteiger partial charge < -0.3 is 14.5 Å². The first kappa shape index (κ1) is 14.8. The molecule has 0 unspecified atom stereocenters. The summed E-state index contributed by atoms with van der Waals surface area (Å²) in [7, 11) is 0. The van der Waals surface area contributed by atoms with Crippen molar-refractivity contribution in [1.29, 1.82) is 0 Å². The predicted octanol–water partition coefficient (Wildman–Crippen LogP) is 2.90. The van der Waals surface area contributed by atoms with Crippen LogP contribution >= 0.6 is 0 Å². The summed E-state index contributed by atoms with van der Waals surface area (Å²) in [5.74, 6) is 0.612. The van der Waals surface area contributed by atoms with Crippen LogP contribution in [0.15, 0.2) is 34.9 Å². The molecule has 3 heterocycles. The summed E-state index contributed by atoms with van der Waals surface area (Å²) in [6, 6.07) is 7.81. The van der Waals surface area contributed by atoms with Crippen LogP contribution in [0.1, 0.15) is 35.0 Å². The average molecular weight is 325 g/mol. The van der Waals surface area contributed by atoms with Crippen molar-refractivity contribution in [3.8, 4) is 5.88 Å². The zero-order valence-corrected chi connectivity index (χ0v) is 13.5. The van der Waals surface area contributed by atoms with Crippen LogP contribution in [0.5, 0.6) is 5.88 Å². The maximum Gasteiger partial charge on any atom is 0.255 e. The normalized spacial score (nSPS) is 13.5. The maximum atomic E-state index is 12.5. The van der Waals surface area contributed by atoms with Crippen LogP contribution < -0.4 is 10.1 Å². The SMILES string of the molecule is CCc1ccc2occ(C(=O)NCc3cc4n(n3)CCCO4)c2c1. The van der Waals surface area contributed by atoms with E-state index in [1.54, 1.807) is 0 Å². The van der Waals surface area contributed by atoms with Gasteiger partial charge in [0, 0.05) is 24.4 Å². The van der Waals surface area contributed by atoms with Crippen molar-refractivity contribution >= 4 is 16.9 Å². The number of carbonyl (C=O) groups is 1. The molecule has 0 saturated heterocycles. The van der Waals surface area contributed by atoms with Crippen LogP contribution in [0.2, 0.25) is 0 Å². The third kappa shape index (κ3) is 2.64. The fourth-order valence-corrected chi connectivity index (χ4v) is 2.94. The second kappa shape index (κ2) is 6.03. The highest BCUT2D eigenvalue weighted by molar-refractivity contribution is 6.06. The number of nitrogens with zero attached hydrogens (tertiary/aromatic N) is 2. The molecule has 0 aliphatic carbocycles. The number of aryl methyl sites for hydroxylation is 2. The number of aromatic nitrogens is 2. The number of hydrogen-bond acceptors (Lipinski definition) is 4. The standard InChI is InChI=1S/C18H19N3O3/c1-2-12-4-5-16-14(8-12)15(11-24-16)18(22)19-10-13-9-17-21(20-13)6-3-7-23-17/h4-5,8-9,11H,2-3,6-7,10H2,1H3,(H,19,22). The number of benzene rings is 1. The lowest BCUT2D eigenvalue weighted by Gasteiger charge is -2.13. The van der Waals surface area contributed by atoms with E-state index in [9.17, 15) is 4.79 Å². The minimum atomic E-state index is -0.158. The number of amides is 1. The zero-order valence-electron chi connectivity index (χ0n) is 13.5. The summed E-state index contributed by atoms with van der Waals surface area (Å²) in [6.07, 6.45) is 3.39. The summed E-state index contributed by atoms with van der Waals surface area (Å²) < 4.78 is 12.9. The van der Waals surface area contributed by atoms with Crippen molar-refractivity contribution in [1.82, 2.24) is 15.1 Å². The van der Waals surface area contributed by atoms with Crippen LogP contribution in [-0.4, -0.2) is 22.3 Å². The number of ether oxygens (including phenoxy) is 1. The van der Waals surface area contributed by atoms with Gasteiger partial charge >= 0.3 is 0 Å². The second-order valence-electron chi connectivity index (χ2n) is 5.92. The van der Waals surface area contributed by atoms with Crippen molar-refractivity contribution in [2.75, 3.05) is 6.61 Å². The number of carbonyl (C=O) groups excluding carboxylic acids is 1. The van der Waals surface area contributed by atoms with E-state index in [0.717, 1.165) is 48.5 Å². The Morgan fingerprint density at radius 2 is 2.29 bits per heavy atom. The molecule has 0 spiro atoms. The lowest BCUT2D eigenvalue weighted by atomic mass is 10.1. The van der Waals surface area contributed by atoms with E-state index < -0.39 is 0 Å².